The first kappa shape index (κ1) is 16.8. The van der Waals surface area contributed by atoms with E-state index in [2.05, 4.69) is 57.3 Å². The monoisotopic (exact) mass is 378 g/mol. The highest BCUT2D eigenvalue weighted by Crippen LogP contribution is 2.41. The number of quaternary nitrogens is 1. The van der Waals surface area contributed by atoms with E-state index in [-0.39, 0.29) is 11.1 Å². The lowest BCUT2D eigenvalue weighted by atomic mass is 9.82. The molecule has 0 bridgehead atoms. The van der Waals surface area contributed by atoms with Crippen molar-refractivity contribution in [3.63, 3.8) is 0 Å². The van der Waals surface area contributed by atoms with Gasteiger partial charge in [0, 0.05) is 12.8 Å². The third kappa shape index (κ3) is 2.75. The first-order chi connectivity index (χ1) is 12.8. The van der Waals surface area contributed by atoms with Gasteiger partial charge in [-0.05, 0) is 38.8 Å². The molecule has 5 rings (SSSR count). The van der Waals surface area contributed by atoms with Crippen molar-refractivity contribution >= 4 is 27.2 Å². The summed E-state index contributed by atoms with van der Waals surface area (Å²) in [7, 11) is 0. The fourth-order valence-corrected chi connectivity index (χ4v) is 5.82. The Labute approximate surface area is 162 Å². The van der Waals surface area contributed by atoms with E-state index in [0.717, 1.165) is 29.1 Å². The van der Waals surface area contributed by atoms with Crippen LogP contribution in [0.1, 0.15) is 49.5 Å². The first-order valence-electron chi connectivity index (χ1n) is 9.39. The SMILES string of the molecule is CC1(C)Cc2c(sc3ncn4nc(Cc5ccccc5)nc4c23)C(C)(C)[NH2+]1. The molecule has 3 aromatic heterocycles. The Kier molecular flexibility index (Phi) is 3.49. The minimum Gasteiger partial charge on any atom is -0.333 e. The molecule has 0 unspecified atom stereocenters. The van der Waals surface area contributed by atoms with Crippen molar-refractivity contribution in [2.45, 2.75) is 51.6 Å². The number of fused-ring (bicyclic) bond motifs is 5. The highest BCUT2D eigenvalue weighted by Gasteiger charge is 2.43. The molecule has 0 spiro atoms. The zero-order chi connectivity index (χ0) is 18.8. The predicted octanol–water partition coefficient (Wildman–Crippen LogP) is 3.06. The van der Waals surface area contributed by atoms with Crippen LogP contribution in [0.2, 0.25) is 0 Å². The largest absolute Gasteiger partial charge is 0.333 e. The van der Waals surface area contributed by atoms with Crippen molar-refractivity contribution in [1.82, 2.24) is 19.6 Å². The molecule has 0 amide bonds. The summed E-state index contributed by atoms with van der Waals surface area (Å²) in [6.07, 6.45) is 3.57. The van der Waals surface area contributed by atoms with Crippen LogP contribution in [-0.2, 0) is 18.4 Å². The fourth-order valence-electron chi connectivity index (χ4n) is 4.59. The van der Waals surface area contributed by atoms with Crippen molar-refractivity contribution in [2.24, 2.45) is 0 Å². The zero-order valence-electron chi connectivity index (χ0n) is 16.2. The van der Waals surface area contributed by atoms with Gasteiger partial charge in [-0.15, -0.1) is 16.4 Å². The molecule has 2 N–H and O–H groups in total. The van der Waals surface area contributed by atoms with Crippen LogP contribution in [0.5, 0.6) is 0 Å². The topological polar surface area (TPSA) is 59.7 Å². The maximum absolute atomic E-state index is 4.92. The highest BCUT2D eigenvalue weighted by molar-refractivity contribution is 7.19. The normalized spacial score (nSPS) is 18.1. The molecule has 1 aliphatic rings. The summed E-state index contributed by atoms with van der Waals surface area (Å²) in [5, 5.41) is 8.38. The van der Waals surface area contributed by atoms with Crippen molar-refractivity contribution in [2.75, 3.05) is 0 Å². The van der Waals surface area contributed by atoms with Crippen molar-refractivity contribution < 1.29 is 5.32 Å². The van der Waals surface area contributed by atoms with Crippen LogP contribution in [0, 0.1) is 0 Å². The summed E-state index contributed by atoms with van der Waals surface area (Å²) in [5.74, 6) is 0.844. The van der Waals surface area contributed by atoms with Gasteiger partial charge in [0.05, 0.1) is 15.8 Å². The summed E-state index contributed by atoms with van der Waals surface area (Å²) < 4.78 is 1.85. The van der Waals surface area contributed by atoms with Gasteiger partial charge in [0.1, 0.15) is 16.7 Å². The number of hydrogen-bond donors (Lipinski definition) is 1. The van der Waals surface area contributed by atoms with Gasteiger partial charge in [-0.2, -0.15) is 0 Å². The molecule has 0 saturated carbocycles. The van der Waals surface area contributed by atoms with Gasteiger partial charge in [-0.25, -0.2) is 14.5 Å². The molecule has 0 saturated heterocycles. The second kappa shape index (κ2) is 5.59. The summed E-state index contributed by atoms with van der Waals surface area (Å²) >= 11 is 1.81. The Morgan fingerprint density at radius 3 is 2.70 bits per heavy atom. The Morgan fingerprint density at radius 2 is 1.93 bits per heavy atom. The Morgan fingerprint density at radius 1 is 1.15 bits per heavy atom. The van der Waals surface area contributed by atoms with Crippen LogP contribution in [0.4, 0.5) is 0 Å². The number of rotatable bonds is 2. The number of hydrogen-bond acceptors (Lipinski definition) is 4. The van der Waals surface area contributed by atoms with E-state index >= 15 is 0 Å². The quantitative estimate of drug-likeness (QED) is 0.583. The Hall–Kier alpha value is -2.31. The molecule has 5 nitrogen and oxygen atoms in total. The lowest BCUT2D eigenvalue weighted by molar-refractivity contribution is -0.789. The van der Waals surface area contributed by atoms with Crippen LogP contribution < -0.4 is 5.32 Å². The minimum atomic E-state index is 0.0479. The van der Waals surface area contributed by atoms with Crippen LogP contribution in [0.25, 0.3) is 15.9 Å². The van der Waals surface area contributed by atoms with Gasteiger partial charge in [0.25, 0.3) is 0 Å². The fraction of sp³-hybridized carbons (Fsp3) is 0.381. The van der Waals surface area contributed by atoms with E-state index in [9.17, 15) is 0 Å². The van der Waals surface area contributed by atoms with Crippen LogP contribution in [-0.4, -0.2) is 25.1 Å². The predicted molar refractivity (Wildman–Crippen MR) is 108 cm³/mol. The van der Waals surface area contributed by atoms with E-state index in [0.29, 0.717) is 0 Å². The van der Waals surface area contributed by atoms with Crippen LogP contribution >= 0.6 is 11.3 Å². The second-order valence-electron chi connectivity index (χ2n) is 8.82. The lowest BCUT2D eigenvalue weighted by Crippen LogP contribution is -3.03. The molecule has 0 fully saturated rings. The third-order valence-corrected chi connectivity index (χ3v) is 6.83. The lowest BCUT2D eigenvalue weighted by Gasteiger charge is -2.38. The number of nitrogens with two attached hydrogens (primary N) is 1. The van der Waals surface area contributed by atoms with Crippen molar-refractivity contribution in [1.29, 1.82) is 0 Å². The van der Waals surface area contributed by atoms with Crippen LogP contribution in [0.15, 0.2) is 36.7 Å². The molecular formula is C21H24N5S+. The molecular weight excluding hydrogens is 354 g/mol. The Bertz CT molecular complexity index is 1150. The van der Waals surface area contributed by atoms with Gasteiger partial charge in [0.2, 0.25) is 0 Å². The maximum atomic E-state index is 4.92. The first-order valence-corrected chi connectivity index (χ1v) is 10.2. The third-order valence-electron chi connectivity index (χ3n) is 5.35. The smallest absolute Gasteiger partial charge is 0.167 e. The van der Waals surface area contributed by atoms with Gasteiger partial charge in [-0.3, -0.25) is 0 Å². The summed E-state index contributed by atoms with van der Waals surface area (Å²) in [6, 6.07) is 10.4. The maximum Gasteiger partial charge on any atom is 0.167 e. The van der Waals surface area contributed by atoms with Gasteiger partial charge < -0.3 is 5.32 Å². The Balaban J connectivity index is 1.70. The summed E-state index contributed by atoms with van der Waals surface area (Å²) in [5.41, 5.74) is 3.78. The molecule has 138 valence electrons. The molecule has 6 heteroatoms. The molecule has 0 radical (unpaired) electrons. The van der Waals surface area contributed by atoms with E-state index in [1.807, 2.05) is 28.2 Å². The molecule has 4 aromatic rings. The zero-order valence-corrected chi connectivity index (χ0v) is 17.0. The highest BCUT2D eigenvalue weighted by atomic mass is 32.1. The molecule has 0 atom stereocenters. The molecule has 1 aromatic carbocycles. The van der Waals surface area contributed by atoms with Crippen molar-refractivity contribution in [3.8, 4) is 0 Å². The number of nitrogens with zero attached hydrogens (tertiary/aromatic N) is 4. The number of benzene rings is 1. The number of aromatic nitrogens is 4. The molecule has 4 heterocycles. The van der Waals surface area contributed by atoms with Gasteiger partial charge in [-0.1, -0.05) is 30.3 Å². The van der Waals surface area contributed by atoms with Gasteiger partial charge in [0.15, 0.2) is 11.5 Å². The minimum absolute atomic E-state index is 0.0479. The number of thiophene rings is 1. The summed E-state index contributed by atoms with van der Waals surface area (Å²) in [4.78, 5) is 12.1. The van der Waals surface area contributed by atoms with E-state index in [1.54, 1.807) is 0 Å². The van der Waals surface area contributed by atoms with E-state index in [4.69, 9.17) is 15.1 Å². The molecule has 27 heavy (non-hydrogen) atoms. The average molecular weight is 379 g/mol. The van der Waals surface area contributed by atoms with E-state index < -0.39 is 0 Å². The van der Waals surface area contributed by atoms with E-state index in [1.165, 1.54) is 21.4 Å². The van der Waals surface area contributed by atoms with Gasteiger partial charge >= 0.3 is 0 Å². The second-order valence-corrected chi connectivity index (χ2v) is 9.82. The standard InChI is InChI=1S/C21H23N5S/c1-20(2)11-14-16-18-23-15(10-13-8-6-5-7-9-13)24-26(18)12-22-19(16)27-17(14)21(3,4)25-20/h5-9,12,25H,10-11H2,1-4H3/p+1. The average Bonchev–Trinajstić information content (AvgIpc) is 3.15. The van der Waals surface area contributed by atoms with Crippen LogP contribution in [0.3, 0.4) is 0 Å². The van der Waals surface area contributed by atoms with Crippen molar-refractivity contribution in [3.05, 3.63) is 58.5 Å². The molecule has 0 aliphatic carbocycles. The summed E-state index contributed by atoms with van der Waals surface area (Å²) in [6.45, 7) is 9.26. The molecule has 1 aliphatic heterocycles.